The molecule has 7 rings (SSSR count). The molecule has 2 saturated heterocycles. The highest BCUT2D eigenvalue weighted by atomic mass is 19.1. The summed E-state index contributed by atoms with van der Waals surface area (Å²) in [5.41, 5.74) is 1.14. The first-order valence-electron chi connectivity index (χ1n) is 12.0. The summed E-state index contributed by atoms with van der Waals surface area (Å²) in [5.74, 6) is -4.63. The number of halogens is 2. The second-order valence-corrected chi connectivity index (χ2v) is 9.76. The molecule has 3 aliphatic heterocycles. The summed E-state index contributed by atoms with van der Waals surface area (Å²) >= 11 is 0. The summed E-state index contributed by atoms with van der Waals surface area (Å²) in [6.45, 7) is 0. The number of carbonyl (C=O) groups excluding carboxylic acids is 3. The quantitative estimate of drug-likeness (QED) is 0.376. The van der Waals surface area contributed by atoms with Crippen molar-refractivity contribution in [3.05, 3.63) is 95.7 Å². The summed E-state index contributed by atoms with van der Waals surface area (Å²) in [6, 6.07) is 16.1. The van der Waals surface area contributed by atoms with Crippen molar-refractivity contribution in [3.8, 4) is 0 Å². The fourth-order valence-electron chi connectivity index (χ4n) is 6.33. The van der Waals surface area contributed by atoms with Crippen LogP contribution in [0.25, 0.3) is 10.9 Å². The van der Waals surface area contributed by atoms with Crippen molar-refractivity contribution in [2.75, 3.05) is 10.2 Å². The predicted octanol–water partition coefficient (Wildman–Crippen LogP) is 3.61. The Morgan fingerprint density at radius 1 is 0.892 bits per heavy atom. The molecule has 3 N–H and O–H groups in total. The van der Waals surface area contributed by atoms with E-state index in [1.807, 2.05) is 30.5 Å². The number of para-hydroxylation sites is 1. The molecule has 9 heteroatoms. The van der Waals surface area contributed by atoms with E-state index in [0.29, 0.717) is 17.7 Å². The number of nitrogens with one attached hydrogen (secondary N) is 3. The third-order valence-electron chi connectivity index (χ3n) is 7.88. The molecule has 0 radical (unpaired) electrons. The number of imide groups is 1. The van der Waals surface area contributed by atoms with Crippen molar-refractivity contribution in [1.29, 1.82) is 0 Å². The standard InChI is InChI=1S/C28H20F2N4O3/c29-15-5-8-17(9-6-15)34-25(35)23-22(11-14-13-31-20-4-2-1-3-18(14)20)33-28(24(23)26(34)36)19-12-16(30)7-10-21(19)32-27(28)37/h1-10,12-13,22-24,31,33H,11H2,(H,32,37)/t22?,23-,24+,28?/m1/s1. The van der Waals surface area contributed by atoms with Crippen molar-refractivity contribution < 1.29 is 23.2 Å². The highest BCUT2D eigenvalue weighted by Gasteiger charge is 2.70. The second kappa shape index (κ2) is 7.57. The maximum Gasteiger partial charge on any atom is 0.250 e. The summed E-state index contributed by atoms with van der Waals surface area (Å²) < 4.78 is 28.0. The highest BCUT2D eigenvalue weighted by Crippen LogP contribution is 2.54. The molecule has 0 aliphatic carbocycles. The number of fused-ring (bicyclic) bond motifs is 5. The Bertz CT molecular complexity index is 1630. The van der Waals surface area contributed by atoms with Crippen LogP contribution >= 0.6 is 0 Å². The van der Waals surface area contributed by atoms with Gasteiger partial charge in [0.05, 0.1) is 17.5 Å². The Hall–Kier alpha value is -4.37. The number of nitrogens with zero attached hydrogens (tertiary/aromatic N) is 1. The van der Waals surface area contributed by atoms with Crippen LogP contribution in [0.5, 0.6) is 0 Å². The average Bonchev–Trinajstić information content (AvgIpc) is 3.59. The first kappa shape index (κ1) is 21.9. The lowest BCUT2D eigenvalue weighted by Crippen LogP contribution is -2.53. The van der Waals surface area contributed by atoms with Gasteiger partial charge in [-0.05, 0) is 60.5 Å². The molecular weight excluding hydrogens is 478 g/mol. The molecule has 7 nitrogen and oxygen atoms in total. The number of aromatic amines is 1. The predicted molar refractivity (Wildman–Crippen MR) is 132 cm³/mol. The monoisotopic (exact) mass is 498 g/mol. The molecule has 2 fully saturated rings. The molecule has 184 valence electrons. The summed E-state index contributed by atoms with van der Waals surface area (Å²) in [6.07, 6.45) is 2.20. The topological polar surface area (TPSA) is 94.3 Å². The number of hydrogen-bond donors (Lipinski definition) is 3. The van der Waals surface area contributed by atoms with Gasteiger partial charge in [-0.15, -0.1) is 0 Å². The molecule has 37 heavy (non-hydrogen) atoms. The number of rotatable bonds is 3. The SMILES string of the molecule is O=C1[C@@H]2C(Cc3c[nH]c4ccccc34)NC3(C(=O)Nc4ccc(F)cc43)[C@@H]2C(=O)N1c1ccc(F)cc1. The molecule has 1 spiro atoms. The van der Waals surface area contributed by atoms with Gasteiger partial charge in [-0.25, -0.2) is 13.7 Å². The molecule has 1 aromatic heterocycles. The minimum Gasteiger partial charge on any atom is -0.361 e. The normalized spacial score (nSPS) is 26.3. The zero-order valence-corrected chi connectivity index (χ0v) is 19.3. The lowest BCUT2D eigenvalue weighted by atomic mass is 9.76. The molecule has 0 bridgehead atoms. The van der Waals surface area contributed by atoms with Crippen LogP contribution in [0, 0.1) is 23.5 Å². The average molecular weight is 498 g/mol. The van der Waals surface area contributed by atoms with Crippen molar-refractivity contribution >= 4 is 40.0 Å². The lowest BCUT2D eigenvalue weighted by molar-refractivity contribution is -0.130. The fourth-order valence-corrected chi connectivity index (χ4v) is 6.33. The van der Waals surface area contributed by atoms with Gasteiger partial charge in [-0.3, -0.25) is 19.7 Å². The van der Waals surface area contributed by atoms with Crippen molar-refractivity contribution in [3.63, 3.8) is 0 Å². The zero-order chi connectivity index (χ0) is 25.5. The molecule has 0 saturated carbocycles. The number of aromatic nitrogens is 1. The fraction of sp³-hybridized carbons (Fsp3) is 0.179. The molecule has 2 unspecified atom stereocenters. The number of anilines is 2. The summed E-state index contributed by atoms with van der Waals surface area (Å²) in [7, 11) is 0. The third-order valence-corrected chi connectivity index (χ3v) is 7.88. The van der Waals surface area contributed by atoms with E-state index in [0.717, 1.165) is 21.4 Å². The molecular formula is C28H20F2N4O3. The Kier molecular flexibility index (Phi) is 4.47. The summed E-state index contributed by atoms with van der Waals surface area (Å²) in [5, 5.41) is 7.06. The van der Waals surface area contributed by atoms with Crippen LogP contribution < -0.4 is 15.5 Å². The van der Waals surface area contributed by atoms with Gasteiger partial charge in [0.2, 0.25) is 17.7 Å². The van der Waals surface area contributed by atoms with Crippen LogP contribution in [0.1, 0.15) is 11.1 Å². The van der Waals surface area contributed by atoms with E-state index in [1.54, 1.807) is 0 Å². The zero-order valence-electron chi connectivity index (χ0n) is 19.3. The number of benzene rings is 3. The van der Waals surface area contributed by atoms with Crippen LogP contribution in [0.4, 0.5) is 20.2 Å². The van der Waals surface area contributed by atoms with Crippen LogP contribution in [0.15, 0.2) is 72.9 Å². The van der Waals surface area contributed by atoms with E-state index in [9.17, 15) is 23.2 Å². The van der Waals surface area contributed by atoms with Crippen molar-refractivity contribution in [2.24, 2.45) is 11.8 Å². The second-order valence-electron chi connectivity index (χ2n) is 9.76. The minimum atomic E-state index is -1.62. The maximum absolute atomic E-state index is 14.4. The van der Waals surface area contributed by atoms with E-state index < -0.39 is 52.8 Å². The Morgan fingerprint density at radius 2 is 1.65 bits per heavy atom. The Morgan fingerprint density at radius 3 is 2.46 bits per heavy atom. The smallest absolute Gasteiger partial charge is 0.250 e. The van der Waals surface area contributed by atoms with Crippen LogP contribution in [0.2, 0.25) is 0 Å². The molecule has 4 atom stereocenters. The lowest BCUT2D eigenvalue weighted by Gasteiger charge is -2.29. The highest BCUT2D eigenvalue weighted by molar-refractivity contribution is 6.25. The molecule has 3 aliphatic rings. The minimum absolute atomic E-state index is 0.227. The van der Waals surface area contributed by atoms with Gasteiger partial charge in [0.25, 0.3) is 0 Å². The summed E-state index contributed by atoms with van der Waals surface area (Å²) in [4.78, 5) is 45.6. The van der Waals surface area contributed by atoms with E-state index in [1.165, 1.54) is 42.5 Å². The maximum atomic E-state index is 14.4. The van der Waals surface area contributed by atoms with E-state index in [2.05, 4.69) is 15.6 Å². The van der Waals surface area contributed by atoms with Crippen molar-refractivity contribution in [2.45, 2.75) is 18.0 Å². The molecule has 4 heterocycles. The van der Waals surface area contributed by atoms with Crippen LogP contribution in [-0.4, -0.2) is 28.7 Å². The van der Waals surface area contributed by atoms with Gasteiger partial charge in [-0.1, -0.05) is 18.2 Å². The number of carbonyl (C=O) groups is 3. The largest absolute Gasteiger partial charge is 0.361 e. The van der Waals surface area contributed by atoms with E-state index >= 15 is 0 Å². The van der Waals surface area contributed by atoms with Gasteiger partial charge in [0.15, 0.2) is 0 Å². The van der Waals surface area contributed by atoms with Gasteiger partial charge in [0, 0.05) is 34.4 Å². The number of H-pyrrole nitrogens is 1. The van der Waals surface area contributed by atoms with E-state index in [4.69, 9.17) is 0 Å². The first-order chi connectivity index (χ1) is 17.9. The number of amides is 3. The molecule has 4 aromatic rings. The van der Waals surface area contributed by atoms with E-state index in [-0.39, 0.29) is 5.69 Å². The van der Waals surface area contributed by atoms with Crippen molar-refractivity contribution in [1.82, 2.24) is 10.3 Å². The number of hydrogen-bond acceptors (Lipinski definition) is 4. The first-order valence-corrected chi connectivity index (χ1v) is 12.0. The van der Waals surface area contributed by atoms with Crippen LogP contribution in [-0.2, 0) is 26.3 Å². The Balaban J connectivity index is 1.38. The van der Waals surface area contributed by atoms with Crippen LogP contribution in [0.3, 0.4) is 0 Å². The third kappa shape index (κ3) is 2.91. The Labute approximate surface area is 209 Å². The van der Waals surface area contributed by atoms with Gasteiger partial charge in [0.1, 0.15) is 17.2 Å². The van der Waals surface area contributed by atoms with Gasteiger partial charge >= 0.3 is 0 Å². The van der Waals surface area contributed by atoms with Gasteiger partial charge in [-0.2, -0.15) is 0 Å². The molecule has 3 amide bonds. The van der Waals surface area contributed by atoms with Gasteiger partial charge < -0.3 is 10.3 Å². The molecule has 3 aromatic carbocycles.